The van der Waals surface area contributed by atoms with Crippen LogP contribution in [0, 0.1) is 17.5 Å². The summed E-state index contributed by atoms with van der Waals surface area (Å²) in [6.07, 6.45) is 2.93. The normalized spacial score (nSPS) is 10.8. The van der Waals surface area contributed by atoms with E-state index in [4.69, 9.17) is 9.95 Å². The van der Waals surface area contributed by atoms with Crippen LogP contribution in [0.15, 0.2) is 44.7 Å². The molecule has 11 heteroatoms. The van der Waals surface area contributed by atoms with Crippen molar-refractivity contribution in [2.24, 2.45) is 5.11 Å². The monoisotopic (exact) mass is 501 g/mol. The number of azide groups is 1. The number of amides is 1. The van der Waals surface area contributed by atoms with Crippen LogP contribution in [0.1, 0.15) is 39.5 Å². The van der Waals surface area contributed by atoms with Crippen LogP contribution in [0.25, 0.3) is 32.7 Å². The minimum atomic E-state index is -1.06. The molecule has 0 unspecified atom stereocenters. The number of rotatable bonds is 11. The Balaban J connectivity index is 1.98. The van der Waals surface area contributed by atoms with E-state index >= 15 is 4.39 Å². The Morgan fingerprint density at radius 1 is 1.11 bits per heavy atom. The lowest BCUT2D eigenvalue weighted by Crippen LogP contribution is -2.30. The minimum absolute atomic E-state index is 0.0119. The summed E-state index contributed by atoms with van der Waals surface area (Å²) in [4.78, 5) is 28.8. The quantitative estimate of drug-likeness (QED) is 0.139. The Kier molecular flexibility index (Phi) is 8.97. The summed E-state index contributed by atoms with van der Waals surface area (Å²) in [5.41, 5.74) is 7.23. The van der Waals surface area contributed by atoms with E-state index < -0.39 is 34.4 Å². The molecule has 0 radical (unpaired) electrons. The van der Waals surface area contributed by atoms with E-state index in [-0.39, 0.29) is 41.2 Å². The number of carbonyl (C=O) groups is 1. The van der Waals surface area contributed by atoms with Crippen LogP contribution in [-0.2, 0) is 4.79 Å². The Bertz CT molecular complexity index is 1370. The summed E-state index contributed by atoms with van der Waals surface area (Å²) in [6.45, 7) is 3.96. The molecule has 190 valence electrons. The van der Waals surface area contributed by atoms with Gasteiger partial charge in [0.25, 0.3) is 0 Å². The highest BCUT2D eigenvalue weighted by Crippen LogP contribution is 2.32. The zero-order valence-electron chi connectivity index (χ0n) is 20.0. The largest absolute Gasteiger partial charge is 0.453 e. The van der Waals surface area contributed by atoms with Crippen molar-refractivity contribution in [3.8, 4) is 11.3 Å². The molecule has 1 aromatic heterocycles. The first-order valence-corrected chi connectivity index (χ1v) is 11.6. The van der Waals surface area contributed by atoms with Crippen LogP contribution >= 0.6 is 0 Å². The molecule has 3 rings (SSSR count). The first-order valence-electron chi connectivity index (χ1n) is 11.6. The summed E-state index contributed by atoms with van der Waals surface area (Å²) in [5.74, 6) is -3.26. The standard InChI is InChI=1S/C25H26F3N5O3/c1-3-4-5-9-30-24-18(27)13-19(28)25-23(24)21(35)14-22(36-25)16-7-8-20(17(26)12-16)33(15(2)34)11-6-10-31-32-29/h7-8,12-14,30H,3-6,9-11H2,1-2H3. The topological polar surface area (TPSA) is 111 Å². The molecule has 0 bridgehead atoms. The lowest BCUT2D eigenvalue weighted by molar-refractivity contribution is -0.116. The first kappa shape index (κ1) is 26.6. The van der Waals surface area contributed by atoms with E-state index in [1.54, 1.807) is 0 Å². The molecule has 0 saturated carbocycles. The second-order valence-corrected chi connectivity index (χ2v) is 8.17. The van der Waals surface area contributed by atoms with Gasteiger partial charge in [-0.05, 0) is 36.6 Å². The number of unbranched alkanes of at least 4 members (excludes halogenated alkanes) is 2. The molecular formula is C25H26F3N5O3. The Labute approximate surface area is 205 Å². The second kappa shape index (κ2) is 12.1. The van der Waals surface area contributed by atoms with Crippen molar-refractivity contribution in [3.63, 3.8) is 0 Å². The SMILES string of the molecule is CCCCCNc1c(F)cc(F)c2oc(-c3ccc(N(CCCN=[N+]=[N-])C(C)=O)c(F)c3)cc(=O)c12. The summed E-state index contributed by atoms with van der Waals surface area (Å²) in [7, 11) is 0. The van der Waals surface area contributed by atoms with Crippen molar-refractivity contribution in [2.75, 3.05) is 29.9 Å². The summed E-state index contributed by atoms with van der Waals surface area (Å²) in [5, 5.41) is 6.00. The number of halogens is 3. The van der Waals surface area contributed by atoms with Gasteiger partial charge in [-0.2, -0.15) is 0 Å². The molecular weight excluding hydrogens is 475 g/mol. The number of nitrogens with zero attached hydrogens (tertiary/aromatic N) is 4. The molecule has 0 aliphatic carbocycles. The minimum Gasteiger partial charge on any atom is -0.453 e. The molecule has 0 aliphatic rings. The molecule has 0 aliphatic heterocycles. The molecule has 0 saturated heterocycles. The average Bonchev–Trinajstić information content (AvgIpc) is 2.83. The Morgan fingerprint density at radius 2 is 1.89 bits per heavy atom. The molecule has 1 amide bonds. The number of hydrogen-bond donors (Lipinski definition) is 1. The van der Waals surface area contributed by atoms with Crippen molar-refractivity contribution < 1.29 is 22.4 Å². The number of fused-ring (bicyclic) bond motifs is 1. The van der Waals surface area contributed by atoms with Gasteiger partial charge in [0.2, 0.25) is 5.91 Å². The molecule has 0 spiro atoms. The van der Waals surface area contributed by atoms with E-state index in [0.717, 1.165) is 31.4 Å². The fourth-order valence-corrected chi connectivity index (χ4v) is 3.84. The van der Waals surface area contributed by atoms with E-state index in [9.17, 15) is 18.4 Å². The van der Waals surface area contributed by atoms with Gasteiger partial charge < -0.3 is 14.6 Å². The van der Waals surface area contributed by atoms with Crippen molar-refractivity contribution in [2.45, 2.75) is 39.5 Å². The van der Waals surface area contributed by atoms with Crippen LogP contribution in [0.5, 0.6) is 0 Å². The van der Waals surface area contributed by atoms with Crippen LogP contribution in [-0.4, -0.2) is 25.5 Å². The molecule has 0 fully saturated rings. The van der Waals surface area contributed by atoms with Gasteiger partial charge in [0, 0.05) is 49.2 Å². The Morgan fingerprint density at radius 3 is 2.56 bits per heavy atom. The van der Waals surface area contributed by atoms with E-state index in [0.29, 0.717) is 19.0 Å². The van der Waals surface area contributed by atoms with Crippen molar-refractivity contribution >= 4 is 28.3 Å². The summed E-state index contributed by atoms with van der Waals surface area (Å²) >= 11 is 0. The second-order valence-electron chi connectivity index (χ2n) is 8.17. The van der Waals surface area contributed by atoms with Crippen molar-refractivity contribution in [3.05, 3.63) is 68.4 Å². The fourth-order valence-electron chi connectivity index (χ4n) is 3.84. The average molecular weight is 502 g/mol. The van der Waals surface area contributed by atoms with Gasteiger partial charge in [0.1, 0.15) is 17.4 Å². The van der Waals surface area contributed by atoms with Gasteiger partial charge in [-0.3, -0.25) is 9.59 Å². The maximum atomic E-state index is 15.0. The van der Waals surface area contributed by atoms with Gasteiger partial charge in [0.05, 0.1) is 16.8 Å². The molecule has 1 N–H and O–H groups in total. The molecule has 1 heterocycles. The van der Waals surface area contributed by atoms with E-state index in [1.807, 2.05) is 6.92 Å². The van der Waals surface area contributed by atoms with Crippen molar-refractivity contribution in [1.82, 2.24) is 0 Å². The van der Waals surface area contributed by atoms with Gasteiger partial charge in [-0.1, -0.05) is 24.9 Å². The van der Waals surface area contributed by atoms with Gasteiger partial charge in [0.15, 0.2) is 16.8 Å². The highest BCUT2D eigenvalue weighted by molar-refractivity contribution is 5.93. The number of hydrogen-bond acceptors (Lipinski definition) is 5. The smallest absolute Gasteiger partial charge is 0.223 e. The predicted octanol–water partition coefficient (Wildman–Crippen LogP) is 6.53. The molecule has 3 aromatic rings. The Hall–Kier alpha value is -3.98. The third-order valence-electron chi connectivity index (χ3n) is 5.60. The molecule has 36 heavy (non-hydrogen) atoms. The predicted molar refractivity (Wildman–Crippen MR) is 132 cm³/mol. The summed E-state index contributed by atoms with van der Waals surface area (Å²) in [6, 6.07) is 5.52. The maximum Gasteiger partial charge on any atom is 0.223 e. The molecule has 0 atom stereocenters. The fraction of sp³-hybridized carbons (Fsp3) is 0.360. The zero-order valence-corrected chi connectivity index (χ0v) is 20.0. The highest BCUT2D eigenvalue weighted by atomic mass is 19.1. The van der Waals surface area contributed by atoms with E-state index in [1.165, 1.54) is 24.0 Å². The van der Waals surface area contributed by atoms with Crippen LogP contribution < -0.4 is 15.6 Å². The van der Waals surface area contributed by atoms with Crippen LogP contribution in [0.3, 0.4) is 0 Å². The van der Waals surface area contributed by atoms with Crippen LogP contribution in [0.4, 0.5) is 24.5 Å². The summed E-state index contributed by atoms with van der Waals surface area (Å²) < 4.78 is 49.7. The van der Waals surface area contributed by atoms with Crippen LogP contribution in [0.2, 0.25) is 0 Å². The highest BCUT2D eigenvalue weighted by Gasteiger charge is 2.21. The number of nitrogens with one attached hydrogen (secondary N) is 1. The zero-order chi connectivity index (χ0) is 26.2. The molecule has 8 nitrogen and oxygen atoms in total. The lowest BCUT2D eigenvalue weighted by Gasteiger charge is -2.21. The van der Waals surface area contributed by atoms with Gasteiger partial charge in [-0.25, -0.2) is 13.2 Å². The third kappa shape index (κ3) is 5.98. The van der Waals surface area contributed by atoms with Gasteiger partial charge >= 0.3 is 0 Å². The maximum absolute atomic E-state index is 15.0. The van der Waals surface area contributed by atoms with Gasteiger partial charge in [-0.15, -0.1) is 0 Å². The molecule has 2 aromatic carbocycles. The van der Waals surface area contributed by atoms with E-state index in [2.05, 4.69) is 15.3 Å². The lowest BCUT2D eigenvalue weighted by atomic mass is 10.1. The number of anilines is 2. The first-order chi connectivity index (χ1) is 17.3. The third-order valence-corrected chi connectivity index (χ3v) is 5.60. The van der Waals surface area contributed by atoms with Crippen molar-refractivity contribution in [1.29, 1.82) is 0 Å². The number of carbonyl (C=O) groups excluding carboxylic acids is 1. The number of benzene rings is 2.